The third kappa shape index (κ3) is 3.28. The molecular formula is C18H23N3O3. The number of nitrogens with zero attached hydrogens (tertiary/aromatic N) is 2. The molecule has 24 heavy (non-hydrogen) atoms. The van der Waals surface area contributed by atoms with Crippen LogP contribution in [0.4, 0.5) is 10.5 Å². The lowest BCUT2D eigenvalue weighted by Gasteiger charge is -2.33. The fraction of sp³-hybridized carbons (Fsp3) is 0.444. The van der Waals surface area contributed by atoms with Crippen LogP contribution in [0.2, 0.25) is 0 Å². The van der Waals surface area contributed by atoms with Gasteiger partial charge in [0.25, 0.3) is 0 Å². The van der Waals surface area contributed by atoms with E-state index in [2.05, 4.69) is 10.3 Å². The van der Waals surface area contributed by atoms with E-state index < -0.39 is 5.60 Å². The molecule has 1 fully saturated rings. The van der Waals surface area contributed by atoms with Gasteiger partial charge in [0.15, 0.2) is 0 Å². The number of likely N-dealkylation sites (tertiary alicyclic amines) is 1. The number of rotatable bonds is 3. The van der Waals surface area contributed by atoms with Gasteiger partial charge in [0.1, 0.15) is 6.26 Å². The highest BCUT2D eigenvalue weighted by Gasteiger charge is 2.38. The van der Waals surface area contributed by atoms with E-state index in [9.17, 15) is 9.90 Å². The molecule has 1 unspecified atom stereocenters. The Morgan fingerprint density at radius 3 is 2.92 bits per heavy atom. The molecule has 1 saturated heterocycles. The minimum absolute atomic E-state index is 0.172. The first-order chi connectivity index (χ1) is 11.4. The first kappa shape index (κ1) is 16.5. The topological polar surface area (TPSA) is 78.6 Å². The zero-order chi connectivity index (χ0) is 17.3. The Balaban J connectivity index is 1.79. The van der Waals surface area contributed by atoms with Gasteiger partial charge in [-0.1, -0.05) is 6.07 Å². The van der Waals surface area contributed by atoms with Crippen molar-refractivity contribution >= 4 is 11.7 Å². The Hall–Kier alpha value is -2.34. The highest BCUT2D eigenvalue weighted by atomic mass is 16.3. The van der Waals surface area contributed by atoms with Gasteiger partial charge in [0, 0.05) is 17.8 Å². The van der Waals surface area contributed by atoms with Crippen LogP contribution in [0.1, 0.15) is 32.3 Å². The summed E-state index contributed by atoms with van der Waals surface area (Å²) in [5.41, 5.74) is 1.63. The van der Waals surface area contributed by atoms with Gasteiger partial charge in [-0.25, -0.2) is 9.78 Å². The van der Waals surface area contributed by atoms with Gasteiger partial charge >= 0.3 is 6.03 Å². The highest BCUT2D eigenvalue weighted by Crippen LogP contribution is 2.29. The van der Waals surface area contributed by atoms with Crippen molar-refractivity contribution in [3.8, 4) is 11.5 Å². The molecule has 3 rings (SSSR count). The van der Waals surface area contributed by atoms with Gasteiger partial charge in [-0.15, -0.1) is 0 Å². The Labute approximate surface area is 141 Å². The van der Waals surface area contributed by atoms with Crippen molar-refractivity contribution in [1.82, 2.24) is 9.88 Å². The standard InChI is InChI=1S/C18H23N3O3/c1-12-6-7-13(11-14(12)16-19-8-10-24-16)20-17(22)21-9-4-5-15(21)18(2,3)23/h6-8,10-11,15,23H,4-5,9H2,1-3H3,(H,20,22). The number of aromatic nitrogens is 1. The van der Waals surface area contributed by atoms with Crippen LogP contribution in [0.3, 0.4) is 0 Å². The molecule has 0 spiro atoms. The summed E-state index contributed by atoms with van der Waals surface area (Å²) in [5.74, 6) is 0.527. The van der Waals surface area contributed by atoms with Crippen LogP contribution < -0.4 is 5.32 Å². The van der Waals surface area contributed by atoms with E-state index in [-0.39, 0.29) is 12.1 Å². The average molecular weight is 329 g/mol. The molecule has 0 saturated carbocycles. The van der Waals surface area contributed by atoms with Crippen LogP contribution in [0, 0.1) is 6.92 Å². The van der Waals surface area contributed by atoms with Crippen molar-refractivity contribution < 1.29 is 14.3 Å². The predicted molar refractivity (Wildman–Crippen MR) is 91.7 cm³/mol. The zero-order valence-corrected chi connectivity index (χ0v) is 14.2. The Kier molecular flexibility index (Phi) is 4.32. The van der Waals surface area contributed by atoms with Crippen molar-refractivity contribution in [1.29, 1.82) is 0 Å². The van der Waals surface area contributed by atoms with E-state index in [1.54, 1.807) is 24.9 Å². The first-order valence-corrected chi connectivity index (χ1v) is 8.17. The smallest absolute Gasteiger partial charge is 0.322 e. The maximum absolute atomic E-state index is 12.6. The molecule has 1 aromatic carbocycles. The minimum Gasteiger partial charge on any atom is -0.445 e. The molecule has 6 heteroatoms. The first-order valence-electron chi connectivity index (χ1n) is 8.17. The number of benzene rings is 1. The largest absolute Gasteiger partial charge is 0.445 e. The van der Waals surface area contributed by atoms with Crippen LogP contribution in [-0.2, 0) is 0 Å². The van der Waals surface area contributed by atoms with Gasteiger partial charge in [-0.3, -0.25) is 0 Å². The van der Waals surface area contributed by atoms with E-state index in [1.807, 2.05) is 25.1 Å². The quantitative estimate of drug-likeness (QED) is 0.904. The zero-order valence-electron chi connectivity index (χ0n) is 14.2. The number of hydrogen-bond acceptors (Lipinski definition) is 4. The summed E-state index contributed by atoms with van der Waals surface area (Å²) >= 11 is 0. The summed E-state index contributed by atoms with van der Waals surface area (Å²) in [6.45, 7) is 6.11. The van der Waals surface area contributed by atoms with Crippen molar-refractivity contribution in [3.05, 3.63) is 36.2 Å². The van der Waals surface area contributed by atoms with E-state index in [0.717, 1.165) is 24.0 Å². The van der Waals surface area contributed by atoms with Gasteiger partial charge in [0.05, 0.1) is 17.8 Å². The van der Waals surface area contributed by atoms with Crippen molar-refractivity contribution in [3.63, 3.8) is 0 Å². The van der Waals surface area contributed by atoms with Crippen LogP contribution >= 0.6 is 0 Å². The third-order valence-electron chi connectivity index (χ3n) is 4.48. The van der Waals surface area contributed by atoms with Crippen LogP contribution in [0.25, 0.3) is 11.5 Å². The molecule has 0 radical (unpaired) electrons. The number of oxazole rings is 1. The molecular weight excluding hydrogens is 306 g/mol. The predicted octanol–water partition coefficient (Wildman–Crippen LogP) is 3.42. The Morgan fingerprint density at radius 2 is 2.25 bits per heavy atom. The molecule has 1 aliphatic heterocycles. The van der Waals surface area contributed by atoms with E-state index >= 15 is 0 Å². The molecule has 2 amide bonds. The molecule has 1 aromatic heterocycles. The molecule has 128 valence electrons. The summed E-state index contributed by atoms with van der Waals surface area (Å²) in [6.07, 6.45) is 4.83. The van der Waals surface area contributed by atoms with Gasteiger partial charge in [0.2, 0.25) is 5.89 Å². The second kappa shape index (κ2) is 6.28. The van der Waals surface area contributed by atoms with Gasteiger partial charge < -0.3 is 19.7 Å². The number of carbonyl (C=O) groups excluding carboxylic acids is 1. The lowest BCUT2D eigenvalue weighted by atomic mass is 9.97. The molecule has 2 aromatic rings. The van der Waals surface area contributed by atoms with Crippen LogP contribution in [0.5, 0.6) is 0 Å². The SMILES string of the molecule is Cc1ccc(NC(=O)N2CCCC2C(C)(C)O)cc1-c1ncco1. The molecule has 6 nitrogen and oxygen atoms in total. The van der Waals surface area contributed by atoms with E-state index in [0.29, 0.717) is 18.1 Å². The number of urea groups is 1. The van der Waals surface area contributed by atoms with Crippen LogP contribution in [0.15, 0.2) is 35.1 Å². The van der Waals surface area contributed by atoms with E-state index in [4.69, 9.17) is 4.42 Å². The Morgan fingerprint density at radius 1 is 1.46 bits per heavy atom. The summed E-state index contributed by atoms with van der Waals surface area (Å²) in [7, 11) is 0. The molecule has 2 heterocycles. The number of nitrogens with one attached hydrogen (secondary N) is 1. The second-order valence-electron chi connectivity index (χ2n) is 6.80. The minimum atomic E-state index is -0.912. The highest BCUT2D eigenvalue weighted by molar-refractivity contribution is 5.90. The summed E-state index contributed by atoms with van der Waals surface area (Å²) in [4.78, 5) is 18.5. The number of anilines is 1. The number of amides is 2. The fourth-order valence-corrected chi connectivity index (χ4v) is 3.23. The van der Waals surface area contributed by atoms with Crippen LogP contribution in [-0.4, -0.2) is 39.2 Å². The number of carbonyl (C=O) groups is 1. The number of aliphatic hydroxyl groups is 1. The summed E-state index contributed by atoms with van der Waals surface area (Å²) in [6, 6.07) is 5.27. The molecule has 0 aliphatic carbocycles. The Bertz CT molecular complexity index is 720. The van der Waals surface area contributed by atoms with Gasteiger partial charge in [-0.2, -0.15) is 0 Å². The maximum Gasteiger partial charge on any atom is 0.322 e. The van der Waals surface area contributed by atoms with Crippen molar-refractivity contribution in [2.75, 3.05) is 11.9 Å². The number of hydrogen-bond donors (Lipinski definition) is 2. The summed E-state index contributed by atoms with van der Waals surface area (Å²) < 4.78 is 5.35. The lowest BCUT2D eigenvalue weighted by molar-refractivity contribution is 0.0117. The molecule has 0 bridgehead atoms. The van der Waals surface area contributed by atoms with Crippen molar-refractivity contribution in [2.24, 2.45) is 0 Å². The molecule has 2 N–H and O–H groups in total. The maximum atomic E-state index is 12.6. The third-order valence-corrected chi connectivity index (χ3v) is 4.48. The van der Waals surface area contributed by atoms with Gasteiger partial charge in [-0.05, 0) is 51.3 Å². The second-order valence-corrected chi connectivity index (χ2v) is 6.80. The van der Waals surface area contributed by atoms with E-state index in [1.165, 1.54) is 6.26 Å². The van der Waals surface area contributed by atoms with Crippen molar-refractivity contribution in [2.45, 2.75) is 45.3 Å². The molecule has 1 aliphatic rings. The lowest BCUT2D eigenvalue weighted by Crippen LogP contribution is -2.49. The fourth-order valence-electron chi connectivity index (χ4n) is 3.23. The summed E-state index contributed by atoms with van der Waals surface area (Å²) in [5, 5.41) is 13.2. The normalized spacial score (nSPS) is 18.0. The monoisotopic (exact) mass is 329 g/mol. The average Bonchev–Trinajstić information content (AvgIpc) is 3.19. The molecule has 1 atom stereocenters. The number of aryl methyl sites for hydroxylation is 1.